The van der Waals surface area contributed by atoms with Gasteiger partial charge in [0.05, 0.1) is 20.8 Å². The van der Waals surface area contributed by atoms with Crippen molar-refractivity contribution in [2.45, 2.75) is 12.8 Å². The van der Waals surface area contributed by atoms with Crippen LogP contribution in [-0.4, -0.2) is 45.9 Å². The second-order valence-electron chi connectivity index (χ2n) is 6.01. The van der Waals surface area contributed by atoms with Crippen molar-refractivity contribution in [1.29, 1.82) is 0 Å². The smallest absolute Gasteiger partial charge is 0.160 e. The van der Waals surface area contributed by atoms with Gasteiger partial charge in [0.15, 0.2) is 11.5 Å². The first-order valence-corrected chi connectivity index (χ1v) is 8.50. The zero-order valence-electron chi connectivity index (χ0n) is 15.3. The average Bonchev–Trinajstić information content (AvgIpc) is 2.64. The summed E-state index contributed by atoms with van der Waals surface area (Å²) in [5, 5.41) is 0. The summed E-state index contributed by atoms with van der Waals surface area (Å²) in [6, 6.07) is 13.6. The van der Waals surface area contributed by atoms with Crippen molar-refractivity contribution < 1.29 is 14.2 Å². The Kier molecular flexibility index (Phi) is 7.41. The maximum absolute atomic E-state index is 5.72. The summed E-state index contributed by atoms with van der Waals surface area (Å²) in [5.41, 5.74) is 7.65. The quantitative estimate of drug-likeness (QED) is 0.530. The van der Waals surface area contributed by atoms with Gasteiger partial charge in [-0.05, 0) is 61.9 Å². The fourth-order valence-electron chi connectivity index (χ4n) is 2.56. The van der Waals surface area contributed by atoms with Crippen molar-refractivity contribution >= 4 is 5.69 Å². The zero-order chi connectivity index (χ0) is 18.1. The van der Waals surface area contributed by atoms with Gasteiger partial charge in [-0.25, -0.2) is 0 Å². The molecule has 0 aliphatic heterocycles. The molecular weight excluding hydrogens is 316 g/mol. The van der Waals surface area contributed by atoms with E-state index in [-0.39, 0.29) is 0 Å². The predicted molar refractivity (Wildman–Crippen MR) is 102 cm³/mol. The van der Waals surface area contributed by atoms with Crippen molar-refractivity contribution in [3.63, 3.8) is 0 Å². The third-order valence-electron chi connectivity index (χ3n) is 4.06. The first-order chi connectivity index (χ1) is 12.1. The highest BCUT2D eigenvalue weighted by atomic mass is 16.5. The van der Waals surface area contributed by atoms with Crippen LogP contribution < -0.4 is 19.9 Å². The molecule has 0 aromatic heterocycles. The molecule has 0 radical (unpaired) electrons. The molecule has 0 aliphatic rings. The van der Waals surface area contributed by atoms with E-state index in [1.807, 2.05) is 36.4 Å². The number of rotatable bonds is 10. The molecule has 0 spiro atoms. The van der Waals surface area contributed by atoms with E-state index in [1.54, 1.807) is 14.2 Å². The molecule has 0 heterocycles. The highest BCUT2D eigenvalue weighted by molar-refractivity contribution is 5.43. The Morgan fingerprint density at radius 3 is 2.32 bits per heavy atom. The van der Waals surface area contributed by atoms with Gasteiger partial charge in [-0.3, -0.25) is 0 Å². The maximum atomic E-state index is 5.72. The van der Waals surface area contributed by atoms with E-state index in [0.29, 0.717) is 6.61 Å². The van der Waals surface area contributed by atoms with Gasteiger partial charge in [-0.15, -0.1) is 0 Å². The number of hydrogen-bond acceptors (Lipinski definition) is 5. The molecule has 0 saturated carbocycles. The van der Waals surface area contributed by atoms with E-state index in [2.05, 4.69) is 18.0 Å². The standard InChI is InChI=1S/C20H28N2O3/c1-22(12-4-14-25-18-8-6-17(21)7-9-18)13-11-16-5-10-19(23-2)20(15-16)24-3/h5-10,15H,4,11-14,21H2,1-3H3. The lowest BCUT2D eigenvalue weighted by Gasteiger charge is -2.17. The van der Waals surface area contributed by atoms with Crippen molar-refractivity contribution in [2.75, 3.05) is 46.7 Å². The highest BCUT2D eigenvalue weighted by Crippen LogP contribution is 2.27. The second kappa shape index (κ2) is 9.79. The van der Waals surface area contributed by atoms with Crippen LogP contribution in [0.15, 0.2) is 42.5 Å². The van der Waals surface area contributed by atoms with E-state index in [4.69, 9.17) is 19.9 Å². The Morgan fingerprint density at radius 1 is 0.920 bits per heavy atom. The number of anilines is 1. The summed E-state index contributed by atoms with van der Waals surface area (Å²) in [6.07, 6.45) is 1.95. The third-order valence-corrected chi connectivity index (χ3v) is 4.06. The zero-order valence-corrected chi connectivity index (χ0v) is 15.3. The van der Waals surface area contributed by atoms with Gasteiger partial charge < -0.3 is 24.8 Å². The van der Waals surface area contributed by atoms with Crippen LogP contribution in [0, 0.1) is 0 Å². The number of likely N-dealkylation sites (N-methyl/N-ethyl adjacent to an activating group) is 1. The molecule has 2 aromatic carbocycles. The first kappa shape index (κ1) is 18.9. The number of benzene rings is 2. The SMILES string of the molecule is COc1ccc(CCN(C)CCCOc2ccc(N)cc2)cc1OC. The lowest BCUT2D eigenvalue weighted by atomic mass is 10.1. The van der Waals surface area contributed by atoms with Gasteiger partial charge in [-0.2, -0.15) is 0 Å². The van der Waals surface area contributed by atoms with E-state index >= 15 is 0 Å². The summed E-state index contributed by atoms with van der Waals surface area (Å²) in [4.78, 5) is 2.31. The minimum absolute atomic E-state index is 0.699. The van der Waals surface area contributed by atoms with Crippen LogP contribution >= 0.6 is 0 Å². The lowest BCUT2D eigenvalue weighted by Crippen LogP contribution is -2.23. The average molecular weight is 344 g/mol. The van der Waals surface area contributed by atoms with Crippen LogP contribution in [0.2, 0.25) is 0 Å². The van der Waals surface area contributed by atoms with Crippen LogP contribution in [0.4, 0.5) is 5.69 Å². The van der Waals surface area contributed by atoms with E-state index in [1.165, 1.54) is 5.56 Å². The normalized spacial score (nSPS) is 10.7. The maximum Gasteiger partial charge on any atom is 0.160 e. The molecule has 2 aromatic rings. The molecule has 0 bridgehead atoms. The Labute approximate surface area is 150 Å². The second-order valence-corrected chi connectivity index (χ2v) is 6.01. The fraction of sp³-hybridized carbons (Fsp3) is 0.400. The van der Waals surface area contributed by atoms with Crippen LogP contribution in [0.5, 0.6) is 17.2 Å². The molecule has 2 rings (SSSR count). The Bertz CT molecular complexity index is 644. The molecule has 136 valence electrons. The molecule has 0 atom stereocenters. The monoisotopic (exact) mass is 344 g/mol. The number of nitrogen functional groups attached to an aromatic ring is 1. The molecule has 0 amide bonds. The Balaban J connectivity index is 1.68. The molecule has 2 N–H and O–H groups in total. The van der Waals surface area contributed by atoms with Crippen LogP contribution in [0.3, 0.4) is 0 Å². The van der Waals surface area contributed by atoms with Crippen molar-refractivity contribution in [1.82, 2.24) is 4.90 Å². The molecule has 5 heteroatoms. The number of ether oxygens (including phenoxy) is 3. The molecule has 0 unspecified atom stereocenters. The molecule has 0 fully saturated rings. The van der Waals surface area contributed by atoms with Crippen LogP contribution in [0.1, 0.15) is 12.0 Å². The molecule has 0 saturated heterocycles. The minimum Gasteiger partial charge on any atom is -0.494 e. The van der Waals surface area contributed by atoms with Crippen molar-refractivity contribution in [2.24, 2.45) is 0 Å². The molecule has 5 nitrogen and oxygen atoms in total. The highest BCUT2D eigenvalue weighted by Gasteiger charge is 2.06. The van der Waals surface area contributed by atoms with E-state index in [0.717, 1.165) is 48.9 Å². The van der Waals surface area contributed by atoms with Gasteiger partial charge in [0.2, 0.25) is 0 Å². The summed E-state index contributed by atoms with van der Waals surface area (Å²) in [5.74, 6) is 2.40. The molecule has 0 aliphatic carbocycles. The fourth-order valence-corrected chi connectivity index (χ4v) is 2.56. The predicted octanol–water partition coefficient (Wildman–Crippen LogP) is 3.23. The largest absolute Gasteiger partial charge is 0.494 e. The van der Waals surface area contributed by atoms with Gasteiger partial charge in [-0.1, -0.05) is 6.07 Å². The van der Waals surface area contributed by atoms with Crippen LogP contribution in [0.25, 0.3) is 0 Å². The first-order valence-electron chi connectivity index (χ1n) is 8.50. The number of methoxy groups -OCH3 is 2. The Morgan fingerprint density at radius 2 is 1.64 bits per heavy atom. The van der Waals surface area contributed by atoms with E-state index < -0.39 is 0 Å². The summed E-state index contributed by atoms with van der Waals surface area (Å²) in [6.45, 7) is 2.67. The topological polar surface area (TPSA) is 57.0 Å². The molecular formula is C20H28N2O3. The van der Waals surface area contributed by atoms with Gasteiger partial charge >= 0.3 is 0 Å². The number of nitrogens with zero attached hydrogens (tertiary/aromatic N) is 1. The number of hydrogen-bond donors (Lipinski definition) is 1. The van der Waals surface area contributed by atoms with Gasteiger partial charge in [0, 0.05) is 18.8 Å². The minimum atomic E-state index is 0.699. The van der Waals surface area contributed by atoms with Gasteiger partial charge in [0.25, 0.3) is 0 Å². The van der Waals surface area contributed by atoms with E-state index in [9.17, 15) is 0 Å². The molecule has 25 heavy (non-hydrogen) atoms. The third kappa shape index (κ3) is 6.19. The summed E-state index contributed by atoms with van der Waals surface area (Å²) >= 11 is 0. The van der Waals surface area contributed by atoms with Crippen molar-refractivity contribution in [3.8, 4) is 17.2 Å². The van der Waals surface area contributed by atoms with Crippen molar-refractivity contribution in [3.05, 3.63) is 48.0 Å². The number of nitrogens with two attached hydrogens (primary N) is 1. The summed E-state index contributed by atoms with van der Waals surface area (Å²) in [7, 11) is 5.44. The Hall–Kier alpha value is -2.40. The van der Waals surface area contributed by atoms with Gasteiger partial charge in [0.1, 0.15) is 5.75 Å². The summed E-state index contributed by atoms with van der Waals surface area (Å²) < 4.78 is 16.3. The lowest BCUT2D eigenvalue weighted by molar-refractivity contribution is 0.264. The van der Waals surface area contributed by atoms with Crippen LogP contribution in [-0.2, 0) is 6.42 Å².